The van der Waals surface area contributed by atoms with Crippen molar-refractivity contribution in [2.75, 3.05) is 0 Å². The van der Waals surface area contributed by atoms with E-state index in [9.17, 15) is 5.11 Å². The van der Waals surface area contributed by atoms with Crippen molar-refractivity contribution in [2.45, 2.75) is 6.04 Å². The molecule has 0 amide bonds. The summed E-state index contributed by atoms with van der Waals surface area (Å²) in [5.41, 5.74) is 7.75. The first-order valence-electron chi connectivity index (χ1n) is 5.08. The Bertz CT molecular complexity index is 528. The molecule has 2 aromatic carbocycles. The number of phenols is 1. The molecule has 0 spiro atoms. The van der Waals surface area contributed by atoms with Gasteiger partial charge in [-0.25, -0.2) is 0 Å². The minimum atomic E-state index is -0.359. The van der Waals surface area contributed by atoms with Crippen LogP contribution in [0, 0.1) is 0 Å². The van der Waals surface area contributed by atoms with E-state index >= 15 is 0 Å². The van der Waals surface area contributed by atoms with Crippen LogP contribution in [0.25, 0.3) is 0 Å². The van der Waals surface area contributed by atoms with Gasteiger partial charge in [0.1, 0.15) is 5.75 Å². The Morgan fingerprint density at radius 2 is 1.65 bits per heavy atom. The summed E-state index contributed by atoms with van der Waals surface area (Å²) in [5.74, 6) is -0.0410. The molecule has 17 heavy (non-hydrogen) atoms. The average Bonchev–Trinajstić information content (AvgIpc) is 2.34. The number of hydrogen-bond donors (Lipinski definition) is 2. The van der Waals surface area contributed by atoms with Crippen molar-refractivity contribution in [3.63, 3.8) is 0 Å². The molecule has 0 aliphatic carbocycles. The molecule has 1 atom stereocenters. The Balaban J connectivity index is 2.44. The maximum Gasteiger partial charge on any atom is 0.135 e. The quantitative estimate of drug-likeness (QED) is 0.871. The lowest BCUT2D eigenvalue weighted by Gasteiger charge is -2.15. The summed E-state index contributed by atoms with van der Waals surface area (Å²) in [6.07, 6.45) is 0. The third-order valence-corrected chi connectivity index (χ3v) is 3.19. The number of benzene rings is 2. The van der Waals surface area contributed by atoms with Crippen molar-refractivity contribution < 1.29 is 5.11 Å². The van der Waals surface area contributed by atoms with Gasteiger partial charge in [-0.15, -0.1) is 0 Å². The van der Waals surface area contributed by atoms with Gasteiger partial charge in [-0.2, -0.15) is 0 Å². The number of rotatable bonds is 2. The van der Waals surface area contributed by atoms with Crippen LogP contribution in [0.15, 0.2) is 42.5 Å². The monoisotopic (exact) mass is 267 g/mol. The van der Waals surface area contributed by atoms with Crippen LogP contribution in [0.5, 0.6) is 5.75 Å². The number of nitrogens with two attached hydrogens (primary N) is 1. The standard InChI is InChI=1S/C13H11Cl2NO/c14-10-7-12(17)11(15)6-9(10)13(16)8-4-2-1-3-5-8/h1-7,13,17H,16H2. The number of hydrogen-bond acceptors (Lipinski definition) is 2. The van der Waals surface area contributed by atoms with Gasteiger partial charge in [0, 0.05) is 11.1 Å². The highest BCUT2D eigenvalue weighted by molar-refractivity contribution is 6.34. The van der Waals surface area contributed by atoms with Crippen molar-refractivity contribution in [3.8, 4) is 5.75 Å². The molecule has 1 unspecified atom stereocenters. The summed E-state index contributed by atoms with van der Waals surface area (Å²) in [4.78, 5) is 0. The lowest BCUT2D eigenvalue weighted by Crippen LogP contribution is -2.12. The molecule has 3 N–H and O–H groups in total. The van der Waals surface area contributed by atoms with Crippen LogP contribution < -0.4 is 5.73 Å². The fourth-order valence-electron chi connectivity index (χ4n) is 1.63. The average molecular weight is 268 g/mol. The molecule has 0 heterocycles. The van der Waals surface area contributed by atoms with Crippen LogP contribution >= 0.6 is 23.2 Å². The lowest BCUT2D eigenvalue weighted by atomic mass is 9.99. The summed E-state index contributed by atoms with van der Waals surface area (Å²) < 4.78 is 0. The van der Waals surface area contributed by atoms with Gasteiger partial charge in [-0.3, -0.25) is 0 Å². The highest BCUT2D eigenvalue weighted by Crippen LogP contribution is 2.34. The van der Waals surface area contributed by atoms with Crippen LogP contribution in [0.3, 0.4) is 0 Å². The van der Waals surface area contributed by atoms with Crippen molar-refractivity contribution >= 4 is 23.2 Å². The zero-order valence-electron chi connectivity index (χ0n) is 8.90. The Labute approximate surface area is 110 Å². The fraction of sp³-hybridized carbons (Fsp3) is 0.0769. The lowest BCUT2D eigenvalue weighted by molar-refractivity contribution is 0.475. The van der Waals surface area contributed by atoms with Gasteiger partial charge < -0.3 is 10.8 Å². The van der Waals surface area contributed by atoms with E-state index in [1.165, 1.54) is 6.07 Å². The highest BCUT2D eigenvalue weighted by Gasteiger charge is 2.14. The van der Waals surface area contributed by atoms with Crippen molar-refractivity contribution in [2.24, 2.45) is 5.73 Å². The Hall–Kier alpha value is -1.22. The van der Waals surface area contributed by atoms with Gasteiger partial charge in [0.25, 0.3) is 0 Å². The van der Waals surface area contributed by atoms with Crippen molar-refractivity contribution in [3.05, 3.63) is 63.6 Å². The molecular weight excluding hydrogens is 257 g/mol. The van der Waals surface area contributed by atoms with Crippen LogP contribution in [0.2, 0.25) is 10.0 Å². The Kier molecular flexibility index (Phi) is 3.57. The van der Waals surface area contributed by atoms with Crippen molar-refractivity contribution in [1.82, 2.24) is 0 Å². The molecule has 0 bridgehead atoms. The third-order valence-electron chi connectivity index (χ3n) is 2.56. The Morgan fingerprint density at radius 3 is 2.29 bits per heavy atom. The van der Waals surface area contributed by atoms with E-state index in [0.717, 1.165) is 5.56 Å². The van der Waals surface area contributed by atoms with Gasteiger partial charge in [-0.1, -0.05) is 53.5 Å². The number of aromatic hydroxyl groups is 1. The fourth-order valence-corrected chi connectivity index (χ4v) is 2.08. The molecule has 4 heteroatoms. The molecule has 0 saturated heterocycles. The van der Waals surface area contributed by atoms with Gasteiger partial charge in [0.2, 0.25) is 0 Å². The van der Waals surface area contributed by atoms with Crippen LogP contribution in [-0.4, -0.2) is 5.11 Å². The summed E-state index contributed by atoms with van der Waals surface area (Å²) in [6, 6.07) is 12.2. The van der Waals surface area contributed by atoms with Gasteiger partial charge in [0.05, 0.1) is 11.1 Å². The normalized spacial score (nSPS) is 12.4. The minimum Gasteiger partial charge on any atom is -0.506 e. The largest absolute Gasteiger partial charge is 0.506 e. The zero-order chi connectivity index (χ0) is 12.4. The van der Waals surface area contributed by atoms with E-state index in [2.05, 4.69) is 0 Å². The van der Waals surface area contributed by atoms with E-state index < -0.39 is 0 Å². The summed E-state index contributed by atoms with van der Waals surface area (Å²) in [7, 11) is 0. The van der Waals surface area contributed by atoms with E-state index in [1.54, 1.807) is 6.07 Å². The highest BCUT2D eigenvalue weighted by atomic mass is 35.5. The van der Waals surface area contributed by atoms with Crippen LogP contribution in [0.4, 0.5) is 0 Å². The first kappa shape index (κ1) is 12.2. The maximum absolute atomic E-state index is 9.42. The first-order valence-corrected chi connectivity index (χ1v) is 5.83. The topological polar surface area (TPSA) is 46.2 Å². The molecule has 0 aliphatic heterocycles. The number of halogens is 2. The number of phenolic OH excluding ortho intramolecular Hbond substituents is 1. The van der Waals surface area contributed by atoms with E-state index in [4.69, 9.17) is 28.9 Å². The summed E-state index contributed by atoms with van der Waals surface area (Å²) in [6.45, 7) is 0. The van der Waals surface area contributed by atoms with E-state index in [-0.39, 0.29) is 16.8 Å². The predicted octanol–water partition coefficient (Wildman–Crippen LogP) is 3.75. The molecule has 2 nitrogen and oxygen atoms in total. The minimum absolute atomic E-state index is 0.0410. The molecule has 2 rings (SSSR count). The molecule has 0 fully saturated rings. The van der Waals surface area contributed by atoms with Gasteiger partial charge in [0.15, 0.2) is 0 Å². The summed E-state index contributed by atoms with van der Waals surface area (Å²) >= 11 is 11.9. The van der Waals surface area contributed by atoms with Crippen molar-refractivity contribution in [1.29, 1.82) is 0 Å². The van der Waals surface area contributed by atoms with Gasteiger partial charge in [-0.05, 0) is 17.2 Å². The SMILES string of the molecule is NC(c1ccccc1)c1cc(Cl)c(O)cc1Cl. The second kappa shape index (κ2) is 4.96. The molecule has 2 aromatic rings. The van der Waals surface area contributed by atoms with Crippen LogP contribution in [0.1, 0.15) is 17.2 Å². The maximum atomic E-state index is 9.42. The predicted molar refractivity (Wildman–Crippen MR) is 70.6 cm³/mol. The van der Waals surface area contributed by atoms with Gasteiger partial charge >= 0.3 is 0 Å². The molecule has 88 valence electrons. The first-order chi connectivity index (χ1) is 8.09. The molecule has 0 aromatic heterocycles. The molecule has 0 aliphatic rings. The van der Waals surface area contributed by atoms with E-state index in [0.29, 0.717) is 10.6 Å². The molecule has 0 saturated carbocycles. The molecule has 0 radical (unpaired) electrons. The van der Waals surface area contributed by atoms with Crippen LogP contribution in [-0.2, 0) is 0 Å². The Morgan fingerprint density at radius 1 is 1.00 bits per heavy atom. The third kappa shape index (κ3) is 2.55. The second-order valence-corrected chi connectivity index (χ2v) is 4.53. The second-order valence-electron chi connectivity index (χ2n) is 3.71. The summed E-state index contributed by atoms with van der Waals surface area (Å²) in [5, 5.41) is 10.1. The van der Waals surface area contributed by atoms with E-state index in [1.807, 2.05) is 30.3 Å². The molecular formula is C13H11Cl2NO. The smallest absolute Gasteiger partial charge is 0.135 e. The zero-order valence-corrected chi connectivity index (χ0v) is 10.4.